The lowest BCUT2D eigenvalue weighted by molar-refractivity contribution is 0.475. The highest BCUT2D eigenvalue weighted by Crippen LogP contribution is 2.02. The summed E-state index contributed by atoms with van der Waals surface area (Å²) in [6.07, 6.45) is 0. The molecule has 0 spiro atoms. The SMILES string of the molecule is C=C.Oc1ccccc1.c1ccccc1. The second-order valence-corrected chi connectivity index (χ2v) is 2.49. The number of para-hydroxylation sites is 1. The molecule has 2 aromatic carbocycles. The molecular formula is C14H16O. The van der Waals surface area contributed by atoms with E-state index in [2.05, 4.69) is 13.2 Å². The Morgan fingerprint density at radius 1 is 0.600 bits per heavy atom. The lowest BCUT2D eigenvalue weighted by atomic mass is 10.3. The average Bonchev–Trinajstić information content (AvgIpc) is 2.36. The molecular weight excluding hydrogens is 184 g/mol. The summed E-state index contributed by atoms with van der Waals surface area (Å²) in [5, 5.41) is 8.63. The van der Waals surface area contributed by atoms with Crippen molar-refractivity contribution in [1.82, 2.24) is 0 Å². The van der Waals surface area contributed by atoms with Gasteiger partial charge in [0.05, 0.1) is 0 Å². The van der Waals surface area contributed by atoms with E-state index in [9.17, 15) is 0 Å². The van der Waals surface area contributed by atoms with E-state index in [4.69, 9.17) is 5.11 Å². The minimum Gasteiger partial charge on any atom is -0.508 e. The minimum absolute atomic E-state index is 0.322. The molecule has 0 saturated carbocycles. The van der Waals surface area contributed by atoms with Crippen LogP contribution in [0.15, 0.2) is 79.9 Å². The van der Waals surface area contributed by atoms with E-state index in [1.165, 1.54) is 0 Å². The van der Waals surface area contributed by atoms with Crippen LogP contribution in [0.4, 0.5) is 0 Å². The Bertz CT molecular complexity index is 289. The molecule has 0 aliphatic carbocycles. The highest BCUT2D eigenvalue weighted by molar-refractivity contribution is 5.18. The molecule has 0 heterocycles. The van der Waals surface area contributed by atoms with Crippen LogP contribution < -0.4 is 0 Å². The van der Waals surface area contributed by atoms with Gasteiger partial charge in [0.15, 0.2) is 0 Å². The largest absolute Gasteiger partial charge is 0.508 e. The van der Waals surface area contributed by atoms with Crippen LogP contribution in [0.5, 0.6) is 5.75 Å². The second-order valence-electron chi connectivity index (χ2n) is 2.49. The van der Waals surface area contributed by atoms with E-state index in [1.54, 1.807) is 24.3 Å². The van der Waals surface area contributed by atoms with E-state index in [0.717, 1.165) is 0 Å². The number of aromatic hydroxyl groups is 1. The highest BCUT2D eigenvalue weighted by Gasteiger charge is 1.74. The number of benzene rings is 2. The molecule has 2 aromatic rings. The molecule has 0 bridgehead atoms. The van der Waals surface area contributed by atoms with Gasteiger partial charge in [-0.15, -0.1) is 13.2 Å². The molecule has 78 valence electrons. The van der Waals surface area contributed by atoms with Gasteiger partial charge in [-0.25, -0.2) is 0 Å². The van der Waals surface area contributed by atoms with Crippen molar-refractivity contribution in [3.63, 3.8) is 0 Å². The van der Waals surface area contributed by atoms with Gasteiger partial charge in [-0.3, -0.25) is 0 Å². The Labute approximate surface area is 91.3 Å². The monoisotopic (exact) mass is 200 g/mol. The van der Waals surface area contributed by atoms with Crippen LogP contribution in [0.2, 0.25) is 0 Å². The third kappa shape index (κ3) is 8.31. The molecule has 0 aliphatic rings. The van der Waals surface area contributed by atoms with Crippen molar-refractivity contribution < 1.29 is 5.11 Å². The van der Waals surface area contributed by atoms with Gasteiger partial charge in [0.1, 0.15) is 5.75 Å². The lowest BCUT2D eigenvalue weighted by Crippen LogP contribution is -1.56. The Hall–Kier alpha value is -2.02. The Kier molecular flexibility index (Phi) is 8.71. The predicted molar refractivity (Wildman–Crippen MR) is 65.8 cm³/mol. The maximum Gasteiger partial charge on any atom is 0.115 e. The van der Waals surface area contributed by atoms with Crippen molar-refractivity contribution in [3.05, 3.63) is 79.9 Å². The maximum absolute atomic E-state index is 8.63. The zero-order chi connectivity index (χ0) is 11.4. The quantitative estimate of drug-likeness (QED) is 0.640. The van der Waals surface area contributed by atoms with Gasteiger partial charge in [0.2, 0.25) is 0 Å². The van der Waals surface area contributed by atoms with Crippen LogP contribution in [0.25, 0.3) is 0 Å². The first-order valence-corrected chi connectivity index (χ1v) is 4.63. The van der Waals surface area contributed by atoms with Crippen molar-refractivity contribution in [1.29, 1.82) is 0 Å². The van der Waals surface area contributed by atoms with Gasteiger partial charge in [-0.05, 0) is 12.1 Å². The summed E-state index contributed by atoms with van der Waals surface area (Å²) in [6.45, 7) is 6.00. The fourth-order valence-corrected chi connectivity index (χ4v) is 0.813. The smallest absolute Gasteiger partial charge is 0.115 e. The third-order valence-corrected chi connectivity index (χ3v) is 1.42. The first-order valence-electron chi connectivity index (χ1n) is 4.63. The van der Waals surface area contributed by atoms with Crippen LogP contribution in [0.3, 0.4) is 0 Å². The number of phenols is 1. The normalized spacial score (nSPS) is 7.47. The summed E-state index contributed by atoms with van der Waals surface area (Å²) in [4.78, 5) is 0. The topological polar surface area (TPSA) is 20.2 Å². The molecule has 0 saturated heterocycles. The molecule has 0 atom stereocenters. The second kappa shape index (κ2) is 10.1. The maximum atomic E-state index is 8.63. The van der Waals surface area contributed by atoms with Crippen molar-refractivity contribution in [2.75, 3.05) is 0 Å². The molecule has 0 aromatic heterocycles. The summed E-state index contributed by atoms with van der Waals surface area (Å²) in [5.74, 6) is 0.322. The highest BCUT2D eigenvalue weighted by atomic mass is 16.3. The molecule has 0 amide bonds. The molecule has 0 fully saturated rings. The van der Waals surface area contributed by atoms with Crippen LogP contribution in [-0.2, 0) is 0 Å². The summed E-state index contributed by atoms with van der Waals surface area (Å²) in [5.41, 5.74) is 0. The van der Waals surface area contributed by atoms with Gasteiger partial charge >= 0.3 is 0 Å². The lowest BCUT2D eigenvalue weighted by Gasteiger charge is -1.82. The average molecular weight is 200 g/mol. The van der Waals surface area contributed by atoms with Crippen LogP contribution in [0.1, 0.15) is 0 Å². The van der Waals surface area contributed by atoms with E-state index in [1.807, 2.05) is 42.5 Å². The van der Waals surface area contributed by atoms with Crippen molar-refractivity contribution in [3.8, 4) is 5.75 Å². The van der Waals surface area contributed by atoms with Crippen molar-refractivity contribution >= 4 is 0 Å². The molecule has 1 nitrogen and oxygen atoms in total. The van der Waals surface area contributed by atoms with Gasteiger partial charge < -0.3 is 5.11 Å². The molecule has 0 aliphatic heterocycles. The first kappa shape index (κ1) is 13.0. The zero-order valence-corrected chi connectivity index (χ0v) is 8.71. The summed E-state index contributed by atoms with van der Waals surface area (Å²) in [6, 6.07) is 20.7. The van der Waals surface area contributed by atoms with E-state index in [-0.39, 0.29) is 0 Å². The third-order valence-electron chi connectivity index (χ3n) is 1.42. The molecule has 15 heavy (non-hydrogen) atoms. The van der Waals surface area contributed by atoms with Gasteiger partial charge in [-0.2, -0.15) is 0 Å². The van der Waals surface area contributed by atoms with E-state index < -0.39 is 0 Å². The van der Waals surface area contributed by atoms with Crippen LogP contribution >= 0.6 is 0 Å². The fourth-order valence-electron chi connectivity index (χ4n) is 0.813. The fraction of sp³-hybridized carbons (Fsp3) is 0. The summed E-state index contributed by atoms with van der Waals surface area (Å²) in [7, 11) is 0. The standard InChI is InChI=1S/C6H6O.C6H6.C2H4/c7-6-4-2-1-3-5-6;1-2-4-6-5-3-1;1-2/h1-5,7H;1-6H;1-2H2. The molecule has 0 radical (unpaired) electrons. The number of rotatable bonds is 0. The minimum atomic E-state index is 0.322. The molecule has 2 rings (SSSR count). The van der Waals surface area contributed by atoms with Crippen LogP contribution in [0, 0.1) is 0 Å². The first-order chi connectivity index (χ1) is 7.39. The van der Waals surface area contributed by atoms with Gasteiger partial charge in [-0.1, -0.05) is 54.6 Å². The molecule has 1 N–H and O–H groups in total. The van der Waals surface area contributed by atoms with E-state index >= 15 is 0 Å². The summed E-state index contributed by atoms with van der Waals surface area (Å²) >= 11 is 0. The number of phenolic OH excluding ortho intramolecular Hbond substituents is 1. The number of hydrogen-bond acceptors (Lipinski definition) is 1. The number of hydrogen-bond donors (Lipinski definition) is 1. The summed E-state index contributed by atoms with van der Waals surface area (Å²) < 4.78 is 0. The molecule has 0 unspecified atom stereocenters. The zero-order valence-electron chi connectivity index (χ0n) is 8.71. The Morgan fingerprint density at radius 3 is 1.07 bits per heavy atom. The van der Waals surface area contributed by atoms with Crippen molar-refractivity contribution in [2.45, 2.75) is 0 Å². The van der Waals surface area contributed by atoms with E-state index in [0.29, 0.717) is 5.75 Å². The van der Waals surface area contributed by atoms with Gasteiger partial charge in [0.25, 0.3) is 0 Å². The predicted octanol–water partition coefficient (Wildman–Crippen LogP) is 3.88. The van der Waals surface area contributed by atoms with Gasteiger partial charge in [0, 0.05) is 0 Å². The van der Waals surface area contributed by atoms with Crippen molar-refractivity contribution in [2.24, 2.45) is 0 Å². The van der Waals surface area contributed by atoms with Crippen LogP contribution in [-0.4, -0.2) is 5.11 Å². The Morgan fingerprint density at radius 2 is 0.867 bits per heavy atom. The Balaban J connectivity index is 0.000000227. The molecule has 1 heteroatoms.